The molecule has 2 heterocycles. The van der Waals surface area contributed by atoms with E-state index in [9.17, 15) is 9.59 Å². The van der Waals surface area contributed by atoms with Gasteiger partial charge in [0, 0.05) is 22.5 Å². The largest absolute Gasteiger partial charge is 0.497 e. The van der Waals surface area contributed by atoms with Crippen LogP contribution in [-0.4, -0.2) is 27.6 Å². The first kappa shape index (κ1) is 19.2. The Balaban J connectivity index is 1.64. The second-order valence-electron chi connectivity index (χ2n) is 6.48. The number of methoxy groups -OCH3 is 1. The Hall–Kier alpha value is -3.10. The Morgan fingerprint density at radius 3 is 2.76 bits per heavy atom. The Bertz CT molecular complexity index is 1360. The quantitative estimate of drug-likeness (QED) is 0.424. The average molecular weight is 429 g/mol. The van der Waals surface area contributed by atoms with Crippen LogP contribution in [0.15, 0.2) is 47.3 Å². The van der Waals surface area contributed by atoms with E-state index >= 15 is 0 Å². The fraction of sp³-hybridized carbons (Fsp3) is 0.150. The second-order valence-corrected chi connectivity index (χ2v) is 7.27. The zero-order valence-electron chi connectivity index (χ0n) is 15.4. The Morgan fingerprint density at radius 2 is 2.00 bits per heavy atom. The van der Waals surface area contributed by atoms with Gasteiger partial charge in [0.1, 0.15) is 17.8 Å². The predicted octanol–water partition coefficient (Wildman–Crippen LogP) is 3.52. The topological polar surface area (TPSA) is 91.9 Å². The first-order chi connectivity index (χ1) is 14.0. The molecule has 0 radical (unpaired) electrons. The molecule has 3 N–H and O–H groups in total. The van der Waals surface area contributed by atoms with Gasteiger partial charge in [-0.1, -0.05) is 29.8 Å². The molecule has 2 aromatic heterocycles. The maximum atomic E-state index is 12.9. The van der Waals surface area contributed by atoms with Crippen molar-refractivity contribution in [1.29, 1.82) is 0 Å². The van der Waals surface area contributed by atoms with Crippen LogP contribution in [0, 0.1) is 4.77 Å². The van der Waals surface area contributed by atoms with Gasteiger partial charge in [-0.15, -0.1) is 0 Å². The minimum atomic E-state index is -0.369. The van der Waals surface area contributed by atoms with Gasteiger partial charge in [-0.05, 0) is 42.0 Å². The lowest BCUT2D eigenvalue weighted by Gasteiger charge is -2.09. The third kappa shape index (κ3) is 3.64. The Labute approximate surface area is 175 Å². The molecular formula is C20H17ClN4O3S. The van der Waals surface area contributed by atoms with Crippen LogP contribution in [0.1, 0.15) is 5.56 Å². The van der Waals surface area contributed by atoms with Gasteiger partial charge in [-0.25, -0.2) is 0 Å². The van der Waals surface area contributed by atoms with Gasteiger partial charge in [-0.3, -0.25) is 14.2 Å². The lowest BCUT2D eigenvalue weighted by molar-refractivity contribution is -0.121. The summed E-state index contributed by atoms with van der Waals surface area (Å²) in [4.78, 5) is 31.5. The zero-order valence-corrected chi connectivity index (χ0v) is 17.0. The number of hydrogen-bond donors (Lipinski definition) is 3. The lowest BCUT2D eigenvalue weighted by atomic mass is 10.2. The fourth-order valence-corrected chi connectivity index (χ4v) is 3.62. The predicted molar refractivity (Wildman–Crippen MR) is 115 cm³/mol. The van der Waals surface area contributed by atoms with Gasteiger partial charge in [0.05, 0.1) is 12.6 Å². The highest BCUT2D eigenvalue weighted by Crippen LogP contribution is 2.25. The number of rotatable bonds is 5. The fourth-order valence-electron chi connectivity index (χ4n) is 3.17. The molecule has 7 nitrogen and oxygen atoms in total. The van der Waals surface area contributed by atoms with Gasteiger partial charge in [0.2, 0.25) is 5.91 Å². The standard InChI is InChI=1S/C20H17ClN4O3S/c1-28-12-6-7-15-13(8-12)17-18(23-15)19(27)25(20(29)24-17)10-16(26)22-9-11-4-2-3-5-14(11)21/h2-8,23H,9-10H2,1H3,(H,22,26)(H,24,29). The molecular weight excluding hydrogens is 412 g/mol. The Morgan fingerprint density at radius 1 is 1.21 bits per heavy atom. The van der Waals surface area contributed by atoms with Gasteiger partial charge >= 0.3 is 0 Å². The van der Waals surface area contributed by atoms with Crippen molar-refractivity contribution in [3.05, 3.63) is 68.2 Å². The van der Waals surface area contributed by atoms with E-state index in [1.165, 1.54) is 4.57 Å². The summed E-state index contributed by atoms with van der Waals surface area (Å²) in [6, 6.07) is 12.7. The molecule has 9 heteroatoms. The number of H-pyrrole nitrogens is 2. The van der Waals surface area contributed by atoms with Crippen molar-refractivity contribution in [3.8, 4) is 5.75 Å². The zero-order chi connectivity index (χ0) is 20.5. The van der Waals surface area contributed by atoms with Crippen LogP contribution in [0.25, 0.3) is 21.9 Å². The van der Waals surface area contributed by atoms with E-state index in [2.05, 4.69) is 15.3 Å². The minimum absolute atomic E-state index is 0.166. The van der Waals surface area contributed by atoms with Gasteiger partial charge in [-0.2, -0.15) is 0 Å². The van der Waals surface area contributed by atoms with Crippen molar-refractivity contribution in [3.63, 3.8) is 0 Å². The normalized spacial score (nSPS) is 11.1. The molecule has 0 spiro atoms. The molecule has 0 saturated carbocycles. The molecule has 4 rings (SSSR count). The number of fused-ring (bicyclic) bond motifs is 3. The van der Waals surface area contributed by atoms with Gasteiger partial charge in [0.15, 0.2) is 4.77 Å². The highest BCUT2D eigenvalue weighted by Gasteiger charge is 2.14. The molecule has 0 aliphatic rings. The van der Waals surface area contributed by atoms with Crippen LogP contribution < -0.4 is 15.6 Å². The summed E-state index contributed by atoms with van der Waals surface area (Å²) in [5.41, 5.74) is 2.12. The Kier molecular flexibility index (Phi) is 5.12. The van der Waals surface area contributed by atoms with Crippen molar-refractivity contribution in [2.45, 2.75) is 13.1 Å². The van der Waals surface area contributed by atoms with Crippen molar-refractivity contribution in [2.75, 3.05) is 7.11 Å². The summed E-state index contributed by atoms with van der Waals surface area (Å²) in [5.74, 6) is 0.324. The SMILES string of the molecule is COc1ccc2[nH]c3c(=O)n(CC(=O)NCc4ccccc4Cl)c(=S)[nH]c3c2c1. The van der Waals surface area contributed by atoms with E-state index in [1.807, 2.05) is 30.3 Å². The molecule has 0 atom stereocenters. The van der Waals surface area contributed by atoms with E-state index in [-0.39, 0.29) is 29.3 Å². The molecule has 0 bridgehead atoms. The number of ether oxygens (including phenoxy) is 1. The molecule has 0 aliphatic heterocycles. The van der Waals surface area contributed by atoms with Crippen LogP contribution in [0.5, 0.6) is 5.75 Å². The third-order valence-electron chi connectivity index (χ3n) is 4.68. The molecule has 0 aliphatic carbocycles. The molecule has 4 aromatic rings. The summed E-state index contributed by atoms with van der Waals surface area (Å²) in [6.07, 6.45) is 0. The number of aromatic amines is 2. The number of aromatic nitrogens is 3. The smallest absolute Gasteiger partial charge is 0.279 e. The molecule has 1 amide bonds. The summed E-state index contributed by atoms with van der Waals surface area (Å²) in [6.45, 7) is 0.0609. The molecule has 0 unspecified atom stereocenters. The minimum Gasteiger partial charge on any atom is -0.497 e. The maximum Gasteiger partial charge on any atom is 0.279 e. The highest BCUT2D eigenvalue weighted by molar-refractivity contribution is 7.71. The number of carbonyl (C=O) groups is 1. The van der Waals surface area contributed by atoms with Crippen LogP contribution in [-0.2, 0) is 17.9 Å². The van der Waals surface area contributed by atoms with Crippen LogP contribution in [0.2, 0.25) is 5.02 Å². The molecule has 29 heavy (non-hydrogen) atoms. The van der Waals surface area contributed by atoms with E-state index in [4.69, 9.17) is 28.6 Å². The van der Waals surface area contributed by atoms with Crippen molar-refractivity contribution in [1.82, 2.24) is 19.9 Å². The molecule has 2 aromatic carbocycles. The number of halogens is 1. The van der Waals surface area contributed by atoms with Crippen LogP contribution in [0.3, 0.4) is 0 Å². The lowest BCUT2D eigenvalue weighted by Crippen LogP contribution is -2.33. The summed E-state index contributed by atoms with van der Waals surface area (Å²) in [5, 5.41) is 4.12. The number of amides is 1. The maximum absolute atomic E-state index is 12.9. The summed E-state index contributed by atoms with van der Waals surface area (Å²) >= 11 is 11.4. The van der Waals surface area contributed by atoms with Crippen molar-refractivity contribution in [2.24, 2.45) is 0 Å². The summed E-state index contributed by atoms with van der Waals surface area (Å²) < 4.78 is 6.64. The molecule has 0 saturated heterocycles. The first-order valence-corrected chi connectivity index (χ1v) is 9.59. The number of nitrogens with zero attached hydrogens (tertiary/aromatic N) is 1. The first-order valence-electron chi connectivity index (χ1n) is 8.80. The number of hydrogen-bond acceptors (Lipinski definition) is 4. The molecule has 0 fully saturated rings. The van der Waals surface area contributed by atoms with Gasteiger partial charge < -0.3 is 20.0 Å². The monoisotopic (exact) mass is 428 g/mol. The highest BCUT2D eigenvalue weighted by atomic mass is 35.5. The summed E-state index contributed by atoms with van der Waals surface area (Å²) in [7, 11) is 1.58. The second kappa shape index (κ2) is 7.73. The van der Waals surface area contributed by atoms with E-state index in [1.54, 1.807) is 19.2 Å². The van der Waals surface area contributed by atoms with Crippen molar-refractivity contribution < 1.29 is 9.53 Å². The van der Waals surface area contributed by atoms with Crippen LogP contribution in [0.4, 0.5) is 0 Å². The van der Waals surface area contributed by atoms with Crippen LogP contribution >= 0.6 is 23.8 Å². The van der Waals surface area contributed by atoms with Crippen molar-refractivity contribution >= 4 is 51.7 Å². The number of carbonyl (C=O) groups excluding carboxylic acids is 1. The van der Waals surface area contributed by atoms with Gasteiger partial charge in [0.25, 0.3) is 5.56 Å². The number of nitrogens with one attached hydrogen (secondary N) is 3. The molecule has 148 valence electrons. The van der Waals surface area contributed by atoms with E-state index in [0.29, 0.717) is 21.8 Å². The van der Waals surface area contributed by atoms with E-state index < -0.39 is 0 Å². The van der Waals surface area contributed by atoms with E-state index in [0.717, 1.165) is 16.5 Å². The average Bonchev–Trinajstić information content (AvgIpc) is 3.08. The number of benzene rings is 2. The third-order valence-corrected chi connectivity index (χ3v) is 5.37.